The highest BCUT2D eigenvalue weighted by atomic mass is 16.5. The molecular formula is C14H12N4O. The Labute approximate surface area is 110 Å². The first-order chi connectivity index (χ1) is 9.25. The highest BCUT2D eigenvalue weighted by molar-refractivity contribution is 5.86. The Morgan fingerprint density at radius 3 is 2.63 bits per heavy atom. The summed E-state index contributed by atoms with van der Waals surface area (Å²) in [5.74, 6) is 0.952. The van der Waals surface area contributed by atoms with Crippen molar-refractivity contribution in [2.24, 2.45) is 0 Å². The van der Waals surface area contributed by atoms with E-state index in [1.165, 1.54) is 6.33 Å². The Hall–Kier alpha value is -2.69. The third kappa shape index (κ3) is 2.06. The average molecular weight is 252 g/mol. The smallest absolute Gasteiger partial charge is 0.180 e. The van der Waals surface area contributed by atoms with Crippen molar-refractivity contribution in [2.75, 3.05) is 5.73 Å². The minimum absolute atomic E-state index is 0.365. The van der Waals surface area contributed by atoms with E-state index in [9.17, 15) is 0 Å². The molecule has 2 heterocycles. The first kappa shape index (κ1) is 11.4. The zero-order chi connectivity index (χ0) is 13.2. The van der Waals surface area contributed by atoms with Crippen LogP contribution in [0.15, 0.2) is 47.5 Å². The van der Waals surface area contributed by atoms with Crippen molar-refractivity contribution in [3.63, 3.8) is 0 Å². The standard InChI is InChI=1S/C14H12N4O/c1-9-3-2-4-10(5-9)12-13(19-18-14(12)15)11-6-16-8-17-7-11/h2-8H,1H3,(H2,15,18). The normalized spacial score (nSPS) is 10.6. The first-order valence-electron chi connectivity index (χ1n) is 5.83. The minimum atomic E-state index is 0.365. The van der Waals surface area contributed by atoms with Gasteiger partial charge in [0.15, 0.2) is 11.6 Å². The molecule has 2 N–H and O–H groups in total. The summed E-state index contributed by atoms with van der Waals surface area (Å²) in [5.41, 5.74) is 9.56. The predicted octanol–water partition coefficient (Wildman–Crippen LogP) is 2.69. The molecule has 0 amide bonds. The Kier molecular flexibility index (Phi) is 2.72. The molecule has 0 spiro atoms. The third-order valence-corrected chi connectivity index (χ3v) is 2.85. The number of aromatic nitrogens is 3. The van der Waals surface area contributed by atoms with Crippen LogP contribution in [0, 0.1) is 6.92 Å². The lowest BCUT2D eigenvalue weighted by molar-refractivity contribution is 0.436. The Morgan fingerprint density at radius 2 is 1.89 bits per heavy atom. The van der Waals surface area contributed by atoms with E-state index >= 15 is 0 Å². The summed E-state index contributed by atoms with van der Waals surface area (Å²) < 4.78 is 5.32. The highest BCUT2D eigenvalue weighted by Crippen LogP contribution is 2.36. The molecule has 0 unspecified atom stereocenters. The second-order valence-corrected chi connectivity index (χ2v) is 4.27. The monoisotopic (exact) mass is 252 g/mol. The molecule has 0 aliphatic heterocycles. The molecule has 0 aliphatic carbocycles. The van der Waals surface area contributed by atoms with Crippen LogP contribution in [0.3, 0.4) is 0 Å². The topological polar surface area (TPSA) is 77.8 Å². The van der Waals surface area contributed by atoms with Crippen molar-refractivity contribution in [2.45, 2.75) is 6.92 Å². The van der Waals surface area contributed by atoms with Gasteiger partial charge in [0.25, 0.3) is 0 Å². The van der Waals surface area contributed by atoms with Crippen LogP contribution in [0.2, 0.25) is 0 Å². The third-order valence-electron chi connectivity index (χ3n) is 2.85. The molecule has 3 rings (SSSR count). The van der Waals surface area contributed by atoms with Gasteiger partial charge in [-0.3, -0.25) is 0 Å². The Bertz CT molecular complexity index is 706. The SMILES string of the molecule is Cc1cccc(-c2c(N)noc2-c2cncnc2)c1. The maximum Gasteiger partial charge on any atom is 0.180 e. The lowest BCUT2D eigenvalue weighted by Crippen LogP contribution is -1.89. The molecule has 5 nitrogen and oxygen atoms in total. The van der Waals surface area contributed by atoms with Crippen molar-refractivity contribution < 1.29 is 4.52 Å². The van der Waals surface area contributed by atoms with E-state index < -0.39 is 0 Å². The predicted molar refractivity (Wildman–Crippen MR) is 72.1 cm³/mol. The van der Waals surface area contributed by atoms with Crippen LogP contribution in [-0.2, 0) is 0 Å². The van der Waals surface area contributed by atoms with Gasteiger partial charge in [0, 0.05) is 12.4 Å². The van der Waals surface area contributed by atoms with Crippen LogP contribution in [0.1, 0.15) is 5.56 Å². The van der Waals surface area contributed by atoms with Gasteiger partial charge in [0.05, 0.1) is 11.1 Å². The maximum absolute atomic E-state index is 5.92. The molecule has 0 saturated carbocycles. The summed E-state index contributed by atoms with van der Waals surface area (Å²) in [6.07, 6.45) is 4.81. The number of hydrogen-bond acceptors (Lipinski definition) is 5. The Morgan fingerprint density at radius 1 is 1.11 bits per heavy atom. The van der Waals surface area contributed by atoms with E-state index in [4.69, 9.17) is 10.3 Å². The van der Waals surface area contributed by atoms with Crippen molar-refractivity contribution >= 4 is 5.82 Å². The Balaban J connectivity index is 2.20. The van der Waals surface area contributed by atoms with Crippen LogP contribution < -0.4 is 5.73 Å². The van der Waals surface area contributed by atoms with Crippen molar-refractivity contribution in [3.8, 4) is 22.5 Å². The number of aryl methyl sites for hydroxylation is 1. The molecule has 0 fully saturated rings. The van der Waals surface area contributed by atoms with E-state index in [1.807, 2.05) is 31.2 Å². The van der Waals surface area contributed by atoms with Gasteiger partial charge in [-0.15, -0.1) is 0 Å². The summed E-state index contributed by atoms with van der Waals surface area (Å²) in [7, 11) is 0. The quantitative estimate of drug-likeness (QED) is 0.758. The van der Waals surface area contributed by atoms with E-state index in [0.29, 0.717) is 11.6 Å². The van der Waals surface area contributed by atoms with Gasteiger partial charge in [0.1, 0.15) is 6.33 Å². The van der Waals surface area contributed by atoms with Crippen LogP contribution >= 0.6 is 0 Å². The zero-order valence-corrected chi connectivity index (χ0v) is 10.4. The molecule has 0 saturated heterocycles. The van der Waals surface area contributed by atoms with Crippen molar-refractivity contribution in [1.29, 1.82) is 0 Å². The van der Waals surface area contributed by atoms with Crippen LogP contribution in [0.25, 0.3) is 22.5 Å². The number of nitrogens with two attached hydrogens (primary N) is 1. The van der Waals surface area contributed by atoms with Crippen molar-refractivity contribution in [3.05, 3.63) is 48.5 Å². The molecule has 0 bridgehead atoms. The summed E-state index contributed by atoms with van der Waals surface area (Å²) in [6, 6.07) is 8.01. The van der Waals surface area contributed by atoms with Gasteiger partial charge in [0.2, 0.25) is 0 Å². The van der Waals surface area contributed by atoms with Gasteiger partial charge in [-0.05, 0) is 12.5 Å². The van der Waals surface area contributed by atoms with Crippen LogP contribution in [0.4, 0.5) is 5.82 Å². The molecule has 0 atom stereocenters. The van der Waals surface area contributed by atoms with E-state index in [1.54, 1.807) is 12.4 Å². The second-order valence-electron chi connectivity index (χ2n) is 4.27. The summed E-state index contributed by atoms with van der Waals surface area (Å²) in [4.78, 5) is 7.97. The zero-order valence-electron chi connectivity index (χ0n) is 10.4. The fourth-order valence-electron chi connectivity index (χ4n) is 2.00. The largest absolute Gasteiger partial charge is 0.380 e. The van der Waals surface area contributed by atoms with Gasteiger partial charge >= 0.3 is 0 Å². The minimum Gasteiger partial charge on any atom is -0.380 e. The van der Waals surface area contributed by atoms with E-state index in [0.717, 1.165) is 22.3 Å². The fourth-order valence-corrected chi connectivity index (χ4v) is 2.00. The second kappa shape index (κ2) is 4.53. The molecule has 19 heavy (non-hydrogen) atoms. The lowest BCUT2D eigenvalue weighted by atomic mass is 10.0. The molecule has 5 heteroatoms. The average Bonchev–Trinajstić information content (AvgIpc) is 2.82. The summed E-state index contributed by atoms with van der Waals surface area (Å²) in [6.45, 7) is 2.03. The first-order valence-corrected chi connectivity index (χ1v) is 5.83. The van der Waals surface area contributed by atoms with E-state index in [2.05, 4.69) is 15.1 Å². The number of hydrogen-bond donors (Lipinski definition) is 1. The lowest BCUT2D eigenvalue weighted by Gasteiger charge is -2.03. The highest BCUT2D eigenvalue weighted by Gasteiger charge is 2.17. The molecule has 0 aliphatic rings. The number of benzene rings is 1. The van der Waals surface area contributed by atoms with Crippen molar-refractivity contribution in [1.82, 2.24) is 15.1 Å². The fraction of sp³-hybridized carbons (Fsp3) is 0.0714. The van der Waals surface area contributed by atoms with Crippen LogP contribution in [0.5, 0.6) is 0 Å². The van der Waals surface area contributed by atoms with Gasteiger partial charge in [-0.2, -0.15) is 0 Å². The molecule has 2 aromatic heterocycles. The van der Waals surface area contributed by atoms with E-state index in [-0.39, 0.29) is 0 Å². The number of nitrogen functional groups attached to an aromatic ring is 1. The molecule has 1 aromatic carbocycles. The number of nitrogens with zero attached hydrogens (tertiary/aromatic N) is 3. The number of rotatable bonds is 2. The molecule has 94 valence electrons. The van der Waals surface area contributed by atoms with Gasteiger partial charge < -0.3 is 10.3 Å². The summed E-state index contributed by atoms with van der Waals surface area (Å²) in [5, 5.41) is 3.85. The van der Waals surface area contributed by atoms with Gasteiger partial charge in [-0.1, -0.05) is 35.0 Å². The molecule has 0 radical (unpaired) electrons. The van der Waals surface area contributed by atoms with Gasteiger partial charge in [-0.25, -0.2) is 9.97 Å². The summed E-state index contributed by atoms with van der Waals surface area (Å²) >= 11 is 0. The molecular weight excluding hydrogens is 240 g/mol. The number of anilines is 1. The van der Waals surface area contributed by atoms with Crippen LogP contribution in [-0.4, -0.2) is 15.1 Å². The maximum atomic E-state index is 5.92. The molecule has 3 aromatic rings.